The van der Waals surface area contributed by atoms with Gasteiger partial charge < -0.3 is 24.2 Å². The number of hydrogen-bond donors (Lipinski definition) is 2. The lowest BCUT2D eigenvalue weighted by molar-refractivity contribution is -0.161. The Balaban J connectivity index is 4.76. The number of carbonyl (C=O) groups is 3. The van der Waals surface area contributed by atoms with Crippen molar-refractivity contribution < 1.29 is 52.2 Å². The SMILES string of the molecule is CC/C=C\C/C=C\C/C=C\C/C=C\C/C=C\CC(=O)OCC(COP(=O)(O)OCC(CO)OC(=O)CCCCCCCCC/C=C\C/C=C\CCCCC)OC(=O)CCCCCCCCCCCCCCCCCCCCC. The number of allylic oxidation sites excluding steroid dienone is 13. The Morgan fingerprint density at radius 3 is 1.12 bits per heavy atom. The van der Waals surface area contributed by atoms with Crippen LogP contribution < -0.4 is 0 Å². The first kappa shape index (κ1) is 74.7. The van der Waals surface area contributed by atoms with E-state index in [-0.39, 0.29) is 25.9 Å². The fraction of sp³-hybridized carbons (Fsp3) is 0.742. The summed E-state index contributed by atoms with van der Waals surface area (Å²) >= 11 is 0. The van der Waals surface area contributed by atoms with Gasteiger partial charge in [-0.2, -0.15) is 0 Å². The second kappa shape index (κ2) is 59.8. The number of phosphoric acid groups is 1. The quantitative estimate of drug-likeness (QED) is 0.0197. The van der Waals surface area contributed by atoms with Crippen molar-refractivity contribution in [2.45, 2.75) is 290 Å². The number of hydrogen-bond acceptors (Lipinski definition) is 10. The minimum Gasteiger partial charge on any atom is -0.461 e. The molecule has 0 aliphatic heterocycles. The van der Waals surface area contributed by atoms with Crippen LogP contribution in [0.25, 0.3) is 0 Å². The van der Waals surface area contributed by atoms with Crippen LogP contribution in [0, 0.1) is 0 Å². The van der Waals surface area contributed by atoms with Gasteiger partial charge in [0.2, 0.25) is 0 Å². The summed E-state index contributed by atoms with van der Waals surface area (Å²) in [6, 6.07) is 0. The summed E-state index contributed by atoms with van der Waals surface area (Å²) in [4.78, 5) is 48.6. The number of phosphoric ester groups is 1. The van der Waals surface area contributed by atoms with Gasteiger partial charge in [0, 0.05) is 12.8 Å². The summed E-state index contributed by atoms with van der Waals surface area (Å²) in [5.74, 6) is -1.61. The third-order valence-corrected chi connectivity index (χ3v) is 14.3. The summed E-state index contributed by atoms with van der Waals surface area (Å²) < 4.78 is 39.5. The maximum Gasteiger partial charge on any atom is 0.472 e. The molecule has 11 nitrogen and oxygen atoms in total. The van der Waals surface area contributed by atoms with Crippen LogP contribution in [0.5, 0.6) is 0 Å². The van der Waals surface area contributed by atoms with E-state index in [9.17, 15) is 28.9 Å². The van der Waals surface area contributed by atoms with Crippen LogP contribution in [-0.2, 0) is 42.2 Å². The Hall–Kier alpha value is -3.34. The Bertz CT molecular complexity index is 1630. The average molecular weight is 1120 g/mol. The molecule has 450 valence electrons. The summed E-state index contributed by atoms with van der Waals surface area (Å²) in [6.07, 6.45) is 69.9. The molecule has 0 aromatic heterocycles. The zero-order valence-corrected chi connectivity index (χ0v) is 50.8. The molecular formula is C66H115O11P. The molecule has 78 heavy (non-hydrogen) atoms. The highest BCUT2D eigenvalue weighted by atomic mass is 31.2. The van der Waals surface area contributed by atoms with Gasteiger partial charge in [-0.05, 0) is 77.0 Å². The lowest BCUT2D eigenvalue weighted by atomic mass is 10.0. The maximum absolute atomic E-state index is 12.9. The predicted molar refractivity (Wildman–Crippen MR) is 325 cm³/mol. The van der Waals surface area contributed by atoms with Crippen LogP contribution in [0.2, 0.25) is 0 Å². The molecule has 0 rings (SSSR count). The van der Waals surface area contributed by atoms with Crippen molar-refractivity contribution in [1.29, 1.82) is 0 Å². The average Bonchev–Trinajstić information content (AvgIpc) is 3.43. The second-order valence-electron chi connectivity index (χ2n) is 20.9. The molecule has 3 unspecified atom stereocenters. The first-order valence-electron chi connectivity index (χ1n) is 31.5. The van der Waals surface area contributed by atoms with Crippen molar-refractivity contribution in [2.24, 2.45) is 0 Å². The highest BCUT2D eigenvalue weighted by molar-refractivity contribution is 7.47. The molecule has 0 saturated heterocycles. The van der Waals surface area contributed by atoms with Gasteiger partial charge in [-0.1, -0.05) is 266 Å². The van der Waals surface area contributed by atoms with Crippen molar-refractivity contribution in [3.63, 3.8) is 0 Å². The minimum absolute atomic E-state index is 0.00643. The van der Waals surface area contributed by atoms with Crippen molar-refractivity contribution in [3.8, 4) is 0 Å². The molecule has 12 heteroatoms. The zero-order valence-electron chi connectivity index (χ0n) is 49.9. The lowest BCUT2D eigenvalue weighted by Crippen LogP contribution is -2.30. The van der Waals surface area contributed by atoms with Crippen LogP contribution in [0.4, 0.5) is 0 Å². The molecule has 0 saturated carbocycles. The first-order chi connectivity index (χ1) is 38.2. The van der Waals surface area contributed by atoms with Crippen LogP contribution in [0.15, 0.2) is 85.1 Å². The Morgan fingerprint density at radius 1 is 0.385 bits per heavy atom. The third kappa shape index (κ3) is 57.3. The normalized spacial score (nSPS) is 13.9. The molecule has 0 aliphatic rings. The van der Waals surface area contributed by atoms with Crippen LogP contribution in [0.3, 0.4) is 0 Å². The summed E-state index contributed by atoms with van der Waals surface area (Å²) in [5, 5.41) is 9.84. The molecule has 3 atom stereocenters. The number of carbonyl (C=O) groups excluding carboxylic acids is 3. The minimum atomic E-state index is -4.77. The predicted octanol–water partition coefficient (Wildman–Crippen LogP) is 19.0. The lowest BCUT2D eigenvalue weighted by Gasteiger charge is -2.21. The summed E-state index contributed by atoms with van der Waals surface area (Å²) in [5.41, 5.74) is 0. The third-order valence-electron chi connectivity index (χ3n) is 13.3. The molecule has 0 fully saturated rings. The summed E-state index contributed by atoms with van der Waals surface area (Å²) in [6.45, 7) is 4.43. The monoisotopic (exact) mass is 1110 g/mol. The van der Waals surface area contributed by atoms with Gasteiger partial charge in [-0.3, -0.25) is 23.4 Å². The van der Waals surface area contributed by atoms with Gasteiger partial charge >= 0.3 is 25.7 Å². The van der Waals surface area contributed by atoms with Crippen molar-refractivity contribution in [1.82, 2.24) is 0 Å². The molecular weight excluding hydrogens is 1000 g/mol. The van der Waals surface area contributed by atoms with Gasteiger partial charge in [0.1, 0.15) is 12.7 Å². The van der Waals surface area contributed by atoms with Crippen LogP contribution in [-0.4, -0.2) is 66.5 Å². The maximum atomic E-state index is 12.9. The van der Waals surface area contributed by atoms with E-state index in [0.29, 0.717) is 19.3 Å². The first-order valence-corrected chi connectivity index (χ1v) is 33.0. The fourth-order valence-corrected chi connectivity index (χ4v) is 9.36. The number of rotatable bonds is 58. The fourth-order valence-electron chi connectivity index (χ4n) is 8.58. The Kier molecular flexibility index (Phi) is 57.2. The molecule has 0 heterocycles. The van der Waals surface area contributed by atoms with Gasteiger partial charge in [0.15, 0.2) is 6.10 Å². The number of ether oxygens (including phenoxy) is 3. The number of esters is 3. The van der Waals surface area contributed by atoms with E-state index in [1.807, 2.05) is 12.2 Å². The molecule has 0 radical (unpaired) electrons. The van der Waals surface area contributed by atoms with E-state index in [0.717, 1.165) is 83.5 Å². The molecule has 0 spiro atoms. The van der Waals surface area contributed by atoms with E-state index in [1.54, 1.807) is 6.08 Å². The van der Waals surface area contributed by atoms with Gasteiger partial charge in [-0.25, -0.2) is 4.57 Å². The molecule has 0 aromatic rings. The molecule has 0 bridgehead atoms. The van der Waals surface area contributed by atoms with Crippen LogP contribution >= 0.6 is 7.82 Å². The Labute approximate surface area is 477 Å². The largest absolute Gasteiger partial charge is 0.472 e. The molecule has 0 amide bonds. The van der Waals surface area contributed by atoms with E-state index < -0.39 is 57.8 Å². The second-order valence-corrected chi connectivity index (χ2v) is 22.3. The highest BCUT2D eigenvalue weighted by Gasteiger charge is 2.28. The van der Waals surface area contributed by atoms with Gasteiger partial charge in [0.05, 0.1) is 26.2 Å². The van der Waals surface area contributed by atoms with E-state index in [2.05, 4.69) is 87.6 Å². The van der Waals surface area contributed by atoms with E-state index >= 15 is 0 Å². The van der Waals surface area contributed by atoms with Crippen molar-refractivity contribution in [2.75, 3.05) is 26.4 Å². The van der Waals surface area contributed by atoms with Gasteiger partial charge in [0.25, 0.3) is 0 Å². The smallest absolute Gasteiger partial charge is 0.461 e. The van der Waals surface area contributed by atoms with Crippen molar-refractivity contribution in [3.05, 3.63) is 85.1 Å². The number of aliphatic hydroxyl groups is 1. The molecule has 0 aliphatic carbocycles. The van der Waals surface area contributed by atoms with Crippen LogP contribution in [0.1, 0.15) is 278 Å². The highest BCUT2D eigenvalue weighted by Crippen LogP contribution is 2.43. The van der Waals surface area contributed by atoms with Crippen molar-refractivity contribution >= 4 is 25.7 Å². The Morgan fingerprint density at radius 2 is 0.705 bits per heavy atom. The van der Waals surface area contributed by atoms with E-state index in [4.69, 9.17) is 23.3 Å². The van der Waals surface area contributed by atoms with E-state index in [1.165, 1.54) is 135 Å². The number of unbranched alkanes of at least 4 members (excludes halogenated alkanes) is 28. The molecule has 2 N–H and O–H groups in total. The zero-order chi connectivity index (χ0) is 56.9. The standard InChI is InChI=1S/C66H115O11P/c1-4-7-10-13-16-19-22-25-28-30-31-33-36-39-42-45-48-51-54-57-66(70)77-63(59-73-64(68)55-52-49-46-43-40-37-34-27-24-21-18-15-12-9-6-3)61-75-78(71,72)74-60-62(58-67)76-65(69)56-53-50-47-44-41-38-35-32-29-26-23-20-17-14-11-8-5-2/h9,12,17-18,20-21,26-27,29,34,40,43,49,52,62-63,67H,4-8,10-11,13-16,19,22-25,28,30-33,35-39,41-42,44-48,50-51,53-61H2,1-3H3,(H,71,72)/b12-9-,20-17-,21-18-,29-26-,34-27-,43-40-,52-49-. The summed E-state index contributed by atoms with van der Waals surface area (Å²) in [7, 11) is -4.77. The topological polar surface area (TPSA) is 155 Å². The number of aliphatic hydroxyl groups excluding tert-OH is 1. The molecule has 0 aromatic carbocycles. The van der Waals surface area contributed by atoms with Gasteiger partial charge in [-0.15, -0.1) is 0 Å².